The summed E-state index contributed by atoms with van der Waals surface area (Å²) in [5, 5.41) is 3.25. The number of aromatic nitrogens is 2. The van der Waals surface area contributed by atoms with Crippen LogP contribution < -0.4 is 15.5 Å². The standard InChI is InChI=1S/C20H18ClN3O3/c1-13-6-5-9-19(22-13)23-20(26)16-10-17(25)18(11-24(16)2)27-12-14-7-3-4-8-15(14)21/h3-11H,12H2,1-2H3,(H,22,23,26). The van der Waals surface area contributed by atoms with Crippen molar-refractivity contribution in [1.29, 1.82) is 0 Å². The van der Waals surface area contributed by atoms with Gasteiger partial charge in [0.05, 0.1) is 6.20 Å². The second kappa shape index (κ2) is 8.05. The van der Waals surface area contributed by atoms with Crippen molar-refractivity contribution in [3.05, 3.63) is 86.9 Å². The molecule has 0 radical (unpaired) electrons. The maximum Gasteiger partial charge on any atom is 0.273 e. The number of nitrogens with zero attached hydrogens (tertiary/aromatic N) is 2. The normalized spacial score (nSPS) is 10.5. The van der Waals surface area contributed by atoms with Crippen molar-refractivity contribution in [2.24, 2.45) is 7.05 Å². The number of pyridine rings is 2. The lowest BCUT2D eigenvalue weighted by Gasteiger charge is -2.12. The Hall–Kier alpha value is -3.12. The molecule has 2 aromatic heterocycles. The molecule has 0 fully saturated rings. The third-order valence-corrected chi connectivity index (χ3v) is 4.27. The van der Waals surface area contributed by atoms with E-state index >= 15 is 0 Å². The highest BCUT2D eigenvalue weighted by Crippen LogP contribution is 2.17. The molecule has 27 heavy (non-hydrogen) atoms. The Balaban J connectivity index is 1.77. The van der Waals surface area contributed by atoms with E-state index < -0.39 is 5.91 Å². The monoisotopic (exact) mass is 383 g/mol. The molecule has 6 nitrogen and oxygen atoms in total. The van der Waals surface area contributed by atoms with E-state index in [0.29, 0.717) is 10.8 Å². The Bertz CT molecular complexity index is 1050. The molecule has 138 valence electrons. The van der Waals surface area contributed by atoms with Gasteiger partial charge in [-0.15, -0.1) is 0 Å². The van der Waals surface area contributed by atoms with Gasteiger partial charge in [0.2, 0.25) is 5.43 Å². The summed E-state index contributed by atoms with van der Waals surface area (Å²) >= 11 is 6.09. The molecule has 0 spiro atoms. The van der Waals surface area contributed by atoms with Gasteiger partial charge in [-0.05, 0) is 25.1 Å². The largest absolute Gasteiger partial charge is 0.483 e. The van der Waals surface area contributed by atoms with Crippen molar-refractivity contribution < 1.29 is 9.53 Å². The van der Waals surface area contributed by atoms with E-state index in [0.717, 1.165) is 11.3 Å². The maximum absolute atomic E-state index is 12.5. The fourth-order valence-corrected chi connectivity index (χ4v) is 2.69. The van der Waals surface area contributed by atoms with Crippen LogP contribution in [0, 0.1) is 6.92 Å². The summed E-state index contributed by atoms with van der Waals surface area (Å²) < 4.78 is 7.13. The number of hydrogen-bond donors (Lipinski definition) is 1. The molecule has 0 aliphatic heterocycles. The van der Waals surface area contributed by atoms with E-state index in [1.54, 1.807) is 25.2 Å². The Morgan fingerprint density at radius 3 is 2.74 bits per heavy atom. The Morgan fingerprint density at radius 1 is 1.22 bits per heavy atom. The minimum Gasteiger partial charge on any atom is -0.483 e. The van der Waals surface area contributed by atoms with Crippen LogP contribution in [0.15, 0.2) is 59.5 Å². The number of hydrogen-bond acceptors (Lipinski definition) is 4. The van der Waals surface area contributed by atoms with Gasteiger partial charge in [0, 0.05) is 29.4 Å². The van der Waals surface area contributed by atoms with Crippen LogP contribution in [0.3, 0.4) is 0 Å². The Morgan fingerprint density at radius 2 is 2.00 bits per heavy atom. The second-order valence-corrected chi connectivity index (χ2v) is 6.40. The van der Waals surface area contributed by atoms with Gasteiger partial charge in [-0.1, -0.05) is 35.9 Å². The van der Waals surface area contributed by atoms with Crippen molar-refractivity contribution in [1.82, 2.24) is 9.55 Å². The summed E-state index contributed by atoms with van der Waals surface area (Å²) in [4.78, 5) is 29.0. The van der Waals surface area contributed by atoms with E-state index in [4.69, 9.17) is 16.3 Å². The van der Waals surface area contributed by atoms with Gasteiger partial charge in [-0.2, -0.15) is 0 Å². The van der Waals surface area contributed by atoms with E-state index in [9.17, 15) is 9.59 Å². The van der Waals surface area contributed by atoms with Gasteiger partial charge in [0.1, 0.15) is 18.1 Å². The molecule has 3 rings (SSSR count). The molecule has 0 saturated carbocycles. The summed E-state index contributed by atoms with van der Waals surface area (Å²) in [6.45, 7) is 1.99. The van der Waals surface area contributed by atoms with Gasteiger partial charge in [-0.3, -0.25) is 9.59 Å². The minimum absolute atomic E-state index is 0.141. The Kier molecular flexibility index (Phi) is 5.57. The quantitative estimate of drug-likeness (QED) is 0.731. The fourth-order valence-electron chi connectivity index (χ4n) is 2.50. The number of ether oxygens (including phenoxy) is 1. The zero-order chi connectivity index (χ0) is 19.4. The van der Waals surface area contributed by atoms with Crippen LogP contribution in [0.4, 0.5) is 5.82 Å². The third-order valence-electron chi connectivity index (χ3n) is 3.91. The van der Waals surface area contributed by atoms with Crippen molar-refractivity contribution in [3.63, 3.8) is 0 Å². The molecule has 7 heteroatoms. The van der Waals surface area contributed by atoms with Crippen LogP contribution >= 0.6 is 11.6 Å². The number of carbonyl (C=O) groups is 1. The lowest BCUT2D eigenvalue weighted by molar-refractivity contribution is 0.101. The van der Waals surface area contributed by atoms with Crippen molar-refractivity contribution in [3.8, 4) is 5.75 Å². The first-order chi connectivity index (χ1) is 12.9. The molecule has 2 heterocycles. The first kappa shape index (κ1) is 18.7. The molecule has 0 unspecified atom stereocenters. The van der Waals surface area contributed by atoms with Crippen molar-refractivity contribution in [2.45, 2.75) is 13.5 Å². The maximum atomic E-state index is 12.5. The topological polar surface area (TPSA) is 73.2 Å². The third kappa shape index (κ3) is 4.54. The van der Waals surface area contributed by atoms with E-state index in [1.807, 2.05) is 31.2 Å². The molecule has 0 saturated heterocycles. The summed E-state index contributed by atoms with van der Waals surface area (Å²) in [5.74, 6) is 0.138. The SMILES string of the molecule is Cc1cccc(NC(=O)c2cc(=O)c(OCc3ccccc3Cl)cn2C)n1. The lowest BCUT2D eigenvalue weighted by Crippen LogP contribution is -2.22. The molecule has 0 atom stereocenters. The summed E-state index contributed by atoms with van der Waals surface area (Å²) in [6.07, 6.45) is 1.48. The highest BCUT2D eigenvalue weighted by molar-refractivity contribution is 6.31. The molecular weight excluding hydrogens is 366 g/mol. The van der Waals surface area contributed by atoms with Gasteiger partial charge in [0.15, 0.2) is 5.75 Å². The zero-order valence-electron chi connectivity index (χ0n) is 14.9. The smallest absolute Gasteiger partial charge is 0.273 e. The van der Waals surface area contributed by atoms with E-state index in [2.05, 4.69) is 10.3 Å². The average Bonchev–Trinajstić information content (AvgIpc) is 2.63. The zero-order valence-corrected chi connectivity index (χ0v) is 15.7. The number of anilines is 1. The summed E-state index contributed by atoms with van der Waals surface area (Å²) in [5.41, 5.74) is 1.37. The summed E-state index contributed by atoms with van der Waals surface area (Å²) in [7, 11) is 1.67. The highest BCUT2D eigenvalue weighted by atomic mass is 35.5. The number of aryl methyl sites for hydroxylation is 2. The van der Waals surface area contributed by atoms with Crippen LogP contribution in [0.5, 0.6) is 5.75 Å². The fraction of sp³-hybridized carbons (Fsp3) is 0.150. The van der Waals surface area contributed by atoms with E-state index in [1.165, 1.54) is 16.8 Å². The van der Waals surface area contributed by atoms with Gasteiger partial charge >= 0.3 is 0 Å². The number of carbonyl (C=O) groups excluding carboxylic acids is 1. The highest BCUT2D eigenvalue weighted by Gasteiger charge is 2.14. The van der Waals surface area contributed by atoms with Crippen LogP contribution in [-0.2, 0) is 13.7 Å². The minimum atomic E-state index is -0.426. The molecule has 3 aromatic rings. The number of nitrogens with one attached hydrogen (secondary N) is 1. The molecule has 1 N–H and O–H groups in total. The van der Waals surface area contributed by atoms with Gasteiger partial charge in [-0.25, -0.2) is 4.98 Å². The summed E-state index contributed by atoms with van der Waals surface area (Å²) in [6, 6.07) is 13.8. The molecule has 0 bridgehead atoms. The molecular formula is C20H18ClN3O3. The second-order valence-electron chi connectivity index (χ2n) is 6.00. The van der Waals surface area contributed by atoms with Crippen LogP contribution in [-0.4, -0.2) is 15.5 Å². The van der Waals surface area contributed by atoms with Gasteiger partial charge < -0.3 is 14.6 Å². The molecule has 1 amide bonds. The number of benzene rings is 1. The lowest BCUT2D eigenvalue weighted by atomic mass is 10.2. The molecule has 1 aromatic carbocycles. The number of halogens is 1. The molecule has 0 aliphatic rings. The average molecular weight is 384 g/mol. The Labute approximate surface area is 161 Å². The predicted molar refractivity (Wildman–Crippen MR) is 104 cm³/mol. The van der Waals surface area contributed by atoms with Crippen LogP contribution in [0.25, 0.3) is 0 Å². The van der Waals surface area contributed by atoms with Crippen LogP contribution in [0.2, 0.25) is 5.02 Å². The predicted octanol–water partition coefficient (Wildman–Crippen LogP) is 3.57. The van der Waals surface area contributed by atoms with Gasteiger partial charge in [0.25, 0.3) is 5.91 Å². The van der Waals surface area contributed by atoms with Crippen LogP contribution in [0.1, 0.15) is 21.7 Å². The number of amides is 1. The number of rotatable bonds is 5. The first-order valence-electron chi connectivity index (χ1n) is 8.26. The van der Waals surface area contributed by atoms with E-state index in [-0.39, 0.29) is 23.5 Å². The van der Waals surface area contributed by atoms with Crippen molar-refractivity contribution in [2.75, 3.05) is 5.32 Å². The first-order valence-corrected chi connectivity index (χ1v) is 8.64. The van der Waals surface area contributed by atoms with Crippen molar-refractivity contribution >= 4 is 23.3 Å². The molecule has 0 aliphatic carbocycles.